The molecule has 1 atom stereocenters. The monoisotopic (exact) mass is 425 g/mol. The van der Waals surface area contributed by atoms with E-state index >= 15 is 0 Å². The van der Waals surface area contributed by atoms with Gasteiger partial charge < -0.3 is 20.1 Å². The smallest absolute Gasteiger partial charge is 0.243 e. The molecule has 0 saturated carbocycles. The zero-order chi connectivity index (χ0) is 22.4. The molecular formula is C24H31N3O4. The van der Waals surface area contributed by atoms with Crippen LogP contribution in [0, 0.1) is 13.8 Å². The number of benzene rings is 2. The molecule has 3 rings (SSSR count). The Kier molecular flexibility index (Phi) is 7.52. The Morgan fingerprint density at radius 2 is 1.81 bits per heavy atom. The zero-order valence-electron chi connectivity index (χ0n) is 18.7. The maximum Gasteiger partial charge on any atom is 0.243 e. The van der Waals surface area contributed by atoms with Gasteiger partial charge in [-0.05, 0) is 50.4 Å². The highest BCUT2D eigenvalue weighted by Crippen LogP contribution is 2.38. The minimum Gasteiger partial charge on any atom is -0.497 e. The predicted molar refractivity (Wildman–Crippen MR) is 121 cm³/mol. The number of carbonyl (C=O) groups excluding carboxylic acids is 2. The van der Waals surface area contributed by atoms with Crippen LogP contribution in [0.15, 0.2) is 36.4 Å². The fraction of sp³-hybridized carbons (Fsp3) is 0.417. The number of nitrogens with zero attached hydrogens (tertiary/aromatic N) is 1. The molecule has 0 aromatic heterocycles. The molecule has 2 aromatic carbocycles. The average Bonchev–Trinajstić information content (AvgIpc) is 3.22. The summed E-state index contributed by atoms with van der Waals surface area (Å²) < 4.78 is 10.8. The van der Waals surface area contributed by atoms with Gasteiger partial charge in [-0.25, -0.2) is 0 Å². The minimum atomic E-state index is -0.236. The van der Waals surface area contributed by atoms with Crippen molar-refractivity contribution in [3.8, 4) is 11.5 Å². The highest BCUT2D eigenvalue weighted by Gasteiger charge is 2.30. The van der Waals surface area contributed by atoms with Crippen LogP contribution in [-0.2, 0) is 9.59 Å². The molecule has 1 aliphatic heterocycles. The maximum atomic E-state index is 12.5. The number of methoxy groups -OCH3 is 2. The van der Waals surface area contributed by atoms with Gasteiger partial charge in [0.2, 0.25) is 11.8 Å². The average molecular weight is 426 g/mol. The first-order chi connectivity index (χ1) is 14.9. The van der Waals surface area contributed by atoms with Crippen LogP contribution in [0.2, 0.25) is 0 Å². The molecular weight excluding hydrogens is 394 g/mol. The number of anilines is 1. The van der Waals surface area contributed by atoms with Crippen molar-refractivity contribution in [1.82, 2.24) is 10.2 Å². The topological polar surface area (TPSA) is 79.9 Å². The number of amides is 2. The van der Waals surface area contributed by atoms with Gasteiger partial charge in [0.1, 0.15) is 11.5 Å². The number of rotatable bonds is 8. The highest BCUT2D eigenvalue weighted by atomic mass is 16.5. The van der Waals surface area contributed by atoms with Crippen molar-refractivity contribution in [1.29, 1.82) is 0 Å². The van der Waals surface area contributed by atoms with E-state index in [1.54, 1.807) is 14.2 Å². The molecule has 2 aromatic rings. The summed E-state index contributed by atoms with van der Waals surface area (Å²) in [5.41, 5.74) is 3.83. The van der Waals surface area contributed by atoms with Crippen LogP contribution in [-0.4, -0.2) is 50.6 Å². The molecule has 31 heavy (non-hydrogen) atoms. The quantitative estimate of drug-likeness (QED) is 0.679. The number of para-hydroxylation sites is 1. The Balaban J connectivity index is 1.57. The van der Waals surface area contributed by atoms with Crippen molar-refractivity contribution in [2.75, 3.05) is 39.2 Å². The SMILES string of the molecule is COc1ccc([C@H]2CCCN2CC(=O)NCC(=O)Nc2c(C)cccc2C)c(OC)c1. The van der Waals surface area contributed by atoms with Crippen LogP contribution >= 0.6 is 0 Å². The fourth-order valence-electron chi connectivity index (χ4n) is 4.08. The van der Waals surface area contributed by atoms with Crippen LogP contribution in [0.4, 0.5) is 5.69 Å². The Bertz CT molecular complexity index is 924. The predicted octanol–water partition coefficient (Wildman–Crippen LogP) is 3.21. The summed E-state index contributed by atoms with van der Waals surface area (Å²) in [4.78, 5) is 27.0. The van der Waals surface area contributed by atoms with E-state index in [0.29, 0.717) is 0 Å². The van der Waals surface area contributed by atoms with E-state index in [1.807, 2.05) is 50.2 Å². The second kappa shape index (κ2) is 10.3. The van der Waals surface area contributed by atoms with Crippen molar-refractivity contribution in [3.63, 3.8) is 0 Å². The van der Waals surface area contributed by atoms with Crippen molar-refractivity contribution in [2.24, 2.45) is 0 Å². The summed E-state index contributed by atoms with van der Waals surface area (Å²) in [6.07, 6.45) is 1.95. The summed E-state index contributed by atoms with van der Waals surface area (Å²) in [5.74, 6) is 1.08. The van der Waals surface area contributed by atoms with Gasteiger partial charge in [0, 0.05) is 23.4 Å². The van der Waals surface area contributed by atoms with E-state index in [9.17, 15) is 9.59 Å². The Labute approximate surface area is 183 Å². The first kappa shape index (κ1) is 22.6. The number of nitrogens with one attached hydrogen (secondary N) is 2. The lowest BCUT2D eigenvalue weighted by molar-refractivity contribution is -0.125. The van der Waals surface area contributed by atoms with Gasteiger partial charge in [-0.3, -0.25) is 14.5 Å². The van der Waals surface area contributed by atoms with Gasteiger partial charge in [0.05, 0.1) is 27.3 Å². The number of hydrogen-bond acceptors (Lipinski definition) is 5. The van der Waals surface area contributed by atoms with Gasteiger partial charge in [-0.1, -0.05) is 24.3 Å². The summed E-state index contributed by atoms with van der Waals surface area (Å²) in [7, 11) is 3.26. The molecule has 7 heteroatoms. The van der Waals surface area contributed by atoms with Crippen LogP contribution in [0.1, 0.15) is 35.6 Å². The van der Waals surface area contributed by atoms with Crippen molar-refractivity contribution < 1.29 is 19.1 Å². The number of carbonyl (C=O) groups is 2. The summed E-state index contributed by atoms with van der Waals surface area (Å²) in [6.45, 7) is 4.89. The molecule has 0 bridgehead atoms. The standard InChI is InChI=1S/C24H31N3O4/c1-16-7-5-8-17(2)24(16)26-22(28)14-25-23(29)15-27-12-6-9-20(27)19-11-10-18(30-3)13-21(19)31-4/h5,7-8,10-11,13,20H,6,9,12,14-15H2,1-4H3,(H,25,29)(H,26,28)/t20-/m1/s1. The first-order valence-electron chi connectivity index (χ1n) is 10.5. The molecule has 0 radical (unpaired) electrons. The summed E-state index contributed by atoms with van der Waals surface area (Å²) in [5, 5.41) is 5.64. The normalized spacial score (nSPS) is 16.1. The molecule has 0 aliphatic carbocycles. The molecule has 2 amide bonds. The molecule has 2 N–H and O–H groups in total. The third kappa shape index (κ3) is 5.55. The number of aryl methyl sites for hydroxylation is 2. The van der Waals surface area contributed by atoms with E-state index in [2.05, 4.69) is 15.5 Å². The lowest BCUT2D eigenvalue weighted by atomic mass is 10.0. The maximum absolute atomic E-state index is 12.5. The largest absolute Gasteiger partial charge is 0.497 e. The van der Waals surface area contributed by atoms with Gasteiger partial charge >= 0.3 is 0 Å². The van der Waals surface area contributed by atoms with Crippen molar-refractivity contribution >= 4 is 17.5 Å². The zero-order valence-corrected chi connectivity index (χ0v) is 18.7. The summed E-state index contributed by atoms with van der Waals surface area (Å²) in [6, 6.07) is 11.7. The van der Waals surface area contributed by atoms with Crippen LogP contribution in [0.25, 0.3) is 0 Å². The first-order valence-corrected chi connectivity index (χ1v) is 10.5. The fourth-order valence-corrected chi connectivity index (χ4v) is 4.08. The van der Waals surface area contributed by atoms with Crippen LogP contribution in [0.3, 0.4) is 0 Å². The van der Waals surface area contributed by atoms with E-state index < -0.39 is 0 Å². The van der Waals surface area contributed by atoms with Gasteiger partial charge in [-0.2, -0.15) is 0 Å². The minimum absolute atomic E-state index is 0.0586. The molecule has 1 aliphatic rings. The second-order valence-electron chi connectivity index (χ2n) is 7.83. The Morgan fingerprint density at radius 3 is 2.48 bits per heavy atom. The molecule has 166 valence electrons. The lowest BCUT2D eigenvalue weighted by Gasteiger charge is -2.25. The highest BCUT2D eigenvalue weighted by molar-refractivity contribution is 5.95. The third-order valence-electron chi connectivity index (χ3n) is 5.70. The molecule has 1 fully saturated rings. The van der Waals surface area contributed by atoms with E-state index in [0.717, 1.165) is 53.3 Å². The Morgan fingerprint density at radius 1 is 1.06 bits per heavy atom. The molecule has 1 saturated heterocycles. The van der Waals surface area contributed by atoms with Gasteiger partial charge in [0.15, 0.2) is 0 Å². The van der Waals surface area contributed by atoms with Crippen LogP contribution < -0.4 is 20.1 Å². The van der Waals surface area contributed by atoms with Crippen molar-refractivity contribution in [2.45, 2.75) is 32.7 Å². The van der Waals surface area contributed by atoms with Crippen molar-refractivity contribution in [3.05, 3.63) is 53.1 Å². The molecule has 0 unspecified atom stereocenters. The summed E-state index contributed by atoms with van der Waals surface area (Å²) >= 11 is 0. The van der Waals surface area contributed by atoms with Gasteiger partial charge in [0.25, 0.3) is 0 Å². The van der Waals surface area contributed by atoms with Crippen LogP contribution in [0.5, 0.6) is 11.5 Å². The third-order valence-corrected chi connectivity index (χ3v) is 5.70. The molecule has 0 spiro atoms. The van der Waals surface area contributed by atoms with Gasteiger partial charge in [-0.15, -0.1) is 0 Å². The Hall–Kier alpha value is -3.06. The van der Waals surface area contributed by atoms with E-state index in [-0.39, 0.29) is 30.9 Å². The number of ether oxygens (including phenoxy) is 2. The second-order valence-corrected chi connectivity index (χ2v) is 7.83. The lowest BCUT2D eigenvalue weighted by Crippen LogP contribution is -2.40. The molecule has 1 heterocycles. The van der Waals surface area contributed by atoms with E-state index in [1.165, 1.54) is 0 Å². The number of hydrogen-bond donors (Lipinski definition) is 2. The van der Waals surface area contributed by atoms with E-state index in [4.69, 9.17) is 9.47 Å². The molecule has 7 nitrogen and oxygen atoms in total. The number of likely N-dealkylation sites (tertiary alicyclic amines) is 1.